The summed E-state index contributed by atoms with van der Waals surface area (Å²) >= 11 is 6.88. The van der Waals surface area contributed by atoms with E-state index in [0.29, 0.717) is 16.5 Å². The minimum atomic E-state index is -0.554. The summed E-state index contributed by atoms with van der Waals surface area (Å²) in [5, 5.41) is 10.8. The van der Waals surface area contributed by atoms with Gasteiger partial charge in [0.1, 0.15) is 0 Å². The number of amidine groups is 1. The first-order chi connectivity index (χ1) is 11.1. The van der Waals surface area contributed by atoms with E-state index >= 15 is 0 Å². The van der Waals surface area contributed by atoms with Crippen molar-refractivity contribution in [3.63, 3.8) is 0 Å². The summed E-state index contributed by atoms with van der Waals surface area (Å²) in [5.41, 5.74) is 2.28. The Kier molecular flexibility index (Phi) is 4.68. The number of pyridine rings is 1. The van der Waals surface area contributed by atoms with Gasteiger partial charge in [-0.3, -0.25) is 4.79 Å². The van der Waals surface area contributed by atoms with Gasteiger partial charge in [-0.1, -0.05) is 47.6 Å². The van der Waals surface area contributed by atoms with Crippen molar-refractivity contribution in [2.45, 2.75) is 0 Å². The van der Waals surface area contributed by atoms with Crippen LogP contribution in [0.2, 0.25) is 5.15 Å². The molecule has 1 aliphatic rings. The van der Waals surface area contributed by atoms with Crippen molar-refractivity contribution in [1.29, 1.82) is 0 Å². The molecule has 116 valence electrons. The van der Waals surface area contributed by atoms with Crippen LogP contribution in [0, 0.1) is 5.82 Å². The van der Waals surface area contributed by atoms with E-state index in [0.717, 1.165) is 11.1 Å². The number of carbonyl (C=O) groups is 1. The van der Waals surface area contributed by atoms with Gasteiger partial charge in [-0.15, -0.1) is 5.10 Å². The quantitative estimate of drug-likeness (QED) is 0.526. The lowest BCUT2D eigenvalue weighted by Crippen LogP contribution is -2.19. The van der Waals surface area contributed by atoms with Gasteiger partial charge in [0.25, 0.3) is 0 Å². The molecule has 0 unspecified atom stereocenters. The molecule has 1 aliphatic heterocycles. The molecular formula is C15H10ClFN4OS. The number of nitrogens with one attached hydrogen (secondary N) is 1. The second-order valence-corrected chi connectivity index (χ2v) is 5.93. The van der Waals surface area contributed by atoms with Gasteiger partial charge in [0, 0.05) is 11.8 Å². The van der Waals surface area contributed by atoms with Gasteiger partial charge in [-0.2, -0.15) is 5.10 Å². The van der Waals surface area contributed by atoms with E-state index in [4.69, 9.17) is 11.6 Å². The minimum Gasteiger partial charge on any atom is -0.303 e. The largest absolute Gasteiger partial charge is 0.303 e. The van der Waals surface area contributed by atoms with Crippen LogP contribution >= 0.6 is 23.4 Å². The molecule has 5 nitrogen and oxygen atoms in total. The van der Waals surface area contributed by atoms with Gasteiger partial charge < -0.3 is 5.32 Å². The number of amides is 1. The van der Waals surface area contributed by atoms with Gasteiger partial charge in [-0.05, 0) is 17.2 Å². The lowest BCUT2D eigenvalue weighted by Gasteiger charge is -2.02. The van der Waals surface area contributed by atoms with Crippen molar-refractivity contribution in [1.82, 2.24) is 10.3 Å². The predicted octanol–water partition coefficient (Wildman–Crippen LogP) is 3.09. The fourth-order valence-electron chi connectivity index (χ4n) is 1.87. The van der Waals surface area contributed by atoms with Gasteiger partial charge in [-0.25, -0.2) is 9.37 Å². The Bertz CT molecular complexity index is 808. The Morgan fingerprint density at radius 3 is 2.74 bits per heavy atom. The van der Waals surface area contributed by atoms with E-state index in [9.17, 15) is 9.18 Å². The highest BCUT2D eigenvalue weighted by Crippen LogP contribution is 2.22. The van der Waals surface area contributed by atoms with Crippen LogP contribution in [0.5, 0.6) is 0 Å². The SMILES string of the molecule is O=C1CSC(=NN=Cc2ccc(-c3cnc(Cl)c(F)c3)cc2)N1. The number of thioether (sulfide) groups is 1. The van der Waals surface area contributed by atoms with Crippen LogP contribution in [0.1, 0.15) is 5.56 Å². The summed E-state index contributed by atoms with van der Waals surface area (Å²) in [6, 6.07) is 8.64. The number of aromatic nitrogens is 1. The maximum Gasteiger partial charge on any atom is 0.236 e. The average molecular weight is 349 g/mol. The van der Waals surface area contributed by atoms with Crippen molar-refractivity contribution < 1.29 is 9.18 Å². The molecular weight excluding hydrogens is 339 g/mol. The molecule has 1 saturated heterocycles. The molecule has 1 N–H and O–H groups in total. The van der Waals surface area contributed by atoms with Crippen LogP contribution in [-0.2, 0) is 4.79 Å². The first-order valence-electron chi connectivity index (χ1n) is 6.57. The molecule has 0 saturated carbocycles. The summed E-state index contributed by atoms with van der Waals surface area (Å²) in [4.78, 5) is 14.8. The third kappa shape index (κ3) is 3.94. The molecule has 3 rings (SSSR count). The number of hydrogen-bond acceptors (Lipinski definition) is 5. The normalized spacial score (nSPS) is 16.3. The summed E-state index contributed by atoms with van der Waals surface area (Å²) in [6.07, 6.45) is 3.09. The number of nitrogens with zero attached hydrogens (tertiary/aromatic N) is 3. The monoisotopic (exact) mass is 348 g/mol. The molecule has 1 aromatic heterocycles. The van der Waals surface area contributed by atoms with Crippen molar-refractivity contribution in [3.8, 4) is 11.1 Å². The molecule has 0 spiro atoms. The molecule has 2 heterocycles. The molecule has 23 heavy (non-hydrogen) atoms. The van der Waals surface area contributed by atoms with E-state index in [2.05, 4.69) is 20.5 Å². The summed E-state index contributed by atoms with van der Waals surface area (Å²) in [5.74, 6) is -0.256. The number of benzene rings is 1. The van der Waals surface area contributed by atoms with Crippen molar-refractivity contribution in [3.05, 3.63) is 53.1 Å². The molecule has 0 radical (unpaired) electrons. The number of halogens is 2. The van der Waals surface area contributed by atoms with Gasteiger partial charge in [0.15, 0.2) is 16.1 Å². The predicted molar refractivity (Wildman–Crippen MR) is 90.3 cm³/mol. The highest BCUT2D eigenvalue weighted by molar-refractivity contribution is 8.15. The molecule has 1 amide bonds. The number of carbonyl (C=O) groups excluding carboxylic acids is 1. The topological polar surface area (TPSA) is 66.7 Å². The second-order valence-electron chi connectivity index (χ2n) is 4.61. The summed E-state index contributed by atoms with van der Waals surface area (Å²) in [6.45, 7) is 0. The lowest BCUT2D eigenvalue weighted by molar-refractivity contribution is -0.116. The van der Waals surface area contributed by atoms with Crippen LogP contribution < -0.4 is 5.32 Å². The molecule has 0 atom stereocenters. The molecule has 1 fully saturated rings. The van der Waals surface area contributed by atoms with E-state index < -0.39 is 5.82 Å². The first-order valence-corrected chi connectivity index (χ1v) is 7.93. The highest BCUT2D eigenvalue weighted by Gasteiger charge is 2.15. The van der Waals surface area contributed by atoms with Gasteiger partial charge in [0.2, 0.25) is 5.91 Å². The van der Waals surface area contributed by atoms with Crippen LogP contribution in [0.4, 0.5) is 4.39 Å². The zero-order valence-electron chi connectivity index (χ0n) is 11.7. The van der Waals surface area contributed by atoms with Crippen molar-refractivity contribution in [2.24, 2.45) is 10.2 Å². The van der Waals surface area contributed by atoms with Crippen LogP contribution in [0.15, 0.2) is 46.7 Å². The zero-order chi connectivity index (χ0) is 16.2. The van der Waals surface area contributed by atoms with E-state index in [1.165, 1.54) is 24.0 Å². The van der Waals surface area contributed by atoms with Gasteiger partial charge in [0.05, 0.1) is 12.0 Å². The van der Waals surface area contributed by atoms with Crippen LogP contribution in [0.25, 0.3) is 11.1 Å². The molecule has 0 bridgehead atoms. The average Bonchev–Trinajstić information content (AvgIpc) is 2.96. The fourth-order valence-corrected chi connectivity index (χ4v) is 2.60. The Labute approximate surface area is 140 Å². The second kappa shape index (κ2) is 6.89. The third-order valence-corrected chi connectivity index (χ3v) is 4.12. The first kappa shape index (κ1) is 15.6. The maximum atomic E-state index is 13.4. The van der Waals surface area contributed by atoms with Crippen molar-refractivity contribution in [2.75, 3.05) is 5.75 Å². The smallest absolute Gasteiger partial charge is 0.236 e. The Morgan fingerprint density at radius 2 is 2.09 bits per heavy atom. The summed E-state index contributed by atoms with van der Waals surface area (Å²) in [7, 11) is 0. The number of hydrogen-bond donors (Lipinski definition) is 1. The zero-order valence-corrected chi connectivity index (χ0v) is 13.2. The van der Waals surface area contributed by atoms with E-state index in [1.54, 1.807) is 6.21 Å². The molecule has 2 aromatic rings. The van der Waals surface area contributed by atoms with Crippen LogP contribution in [0.3, 0.4) is 0 Å². The Morgan fingerprint density at radius 1 is 1.30 bits per heavy atom. The highest BCUT2D eigenvalue weighted by atomic mass is 35.5. The number of rotatable bonds is 3. The van der Waals surface area contributed by atoms with Gasteiger partial charge >= 0.3 is 0 Å². The fraction of sp³-hybridized carbons (Fsp3) is 0.0667. The van der Waals surface area contributed by atoms with Crippen LogP contribution in [-0.4, -0.2) is 28.0 Å². The molecule has 0 aliphatic carbocycles. The standard InChI is InChI=1S/C15H10ClFN4OS/c16-14-12(17)5-11(7-18-14)10-3-1-9(2-4-10)6-19-21-15-20-13(22)8-23-15/h1-7H,8H2,(H,20,21,22). The molecule has 8 heteroatoms. The van der Waals surface area contributed by atoms with E-state index in [-0.39, 0.29) is 11.1 Å². The summed E-state index contributed by atoms with van der Waals surface area (Å²) < 4.78 is 13.4. The lowest BCUT2D eigenvalue weighted by atomic mass is 10.1. The van der Waals surface area contributed by atoms with E-state index in [1.807, 2.05) is 24.3 Å². The Hall–Kier alpha value is -2.25. The minimum absolute atomic E-state index is 0.0721. The Balaban J connectivity index is 1.71. The third-order valence-electron chi connectivity index (χ3n) is 2.98. The maximum absolute atomic E-state index is 13.4. The van der Waals surface area contributed by atoms with Crippen molar-refractivity contribution >= 4 is 40.7 Å². The molecule has 1 aromatic carbocycles.